The SMILES string of the molecule is COc1cc(C)c(Cl)cc1C(F)(F)CC(=O)O. The molecule has 0 saturated carbocycles. The van der Waals surface area contributed by atoms with Crippen LogP contribution in [0.25, 0.3) is 0 Å². The molecule has 0 fully saturated rings. The van der Waals surface area contributed by atoms with Crippen molar-refractivity contribution in [1.82, 2.24) is 0 Å². The molecule has 0 spiro atoms. The normalized spacial score (nSPS) is 11.4. The Morgan fingerprint density at radius 2 is 2.12 bits per heavy atom. The first-order valence-corrected chi connectivity index (χ1v) is 5.10. The fourth-order valence-electron chi connectivity index (χ4n) is 1.39. The van der Waals surface area contributed by atoms with Crippen molar-refractivity contribution < 1.29 is 23.4 Å². The topological polar surface area (TPSA) is 46.5 Å². The number of ether oxygens (including phenoxy) is 1. The van der Waals surface area contributed by atoms with Crippen LogP contribution >= 0.6 is 11.6 Å². The van der Waals surface area contributed by atoms with Gasteiger partial charge in [-0.2, -0.15) is 0 Å². The quantitative estimate of drug-likeness (QED) is 0.908. The van der Waals surface area contributed by atoms with E-state index in [0.717, 1.165) is 6.07 Å². The van der Waals surface area contributed by atoms with Crippen LogP contribution in [0, 0.1) is 6.92 Å². The number of carboxylic acids is 1. The molecular weight excluding hydrogens is 254 g/mol. The summed E-state index contributed by atoms with van der Waals surface area (Å²) >= 11 is 5.75. The van der Waals surface area contributed by atoms with Gasteiger partial charge in [0.05, 0.1) is 12.7 Å². The molecule has 0 aromatic heterocycles. The molecule has 0 saturated heterocycles. The number of aryl methyl sites for hydroxylation is 1. The van der Waals surface area contributed by atoms with E-state index >= 15 is 0 Å². The van der Waals surface area contributed by atoms with Crippen LogP contribution in [0.5, 0.6) is 5.75 Å². The Morgan fingerprint density at radius 1 is 1.53 bits per heavy atom. The van der Waals surface area contributed by atoms with Crippen molar-refractivity contribution in [3.63, 3.8) is 0 Å². The maximum absolute atomic E-state index is 13.6. The molecule has 1 aromatic rings. The smallest absolute Gasteiger partial charge is 0.309 e. The summed E-state index contributed by atoms with van der Waals surface area (Å²) in [5.41, 5.74) is 0.0661. The second-order valence-electron chi connectivity index (χ2n) is 3.58. The van der Waals surface area contributed by atoms with Gasteiger partial charge in [-0.15, -0.1) is 0 Å². The molecule has 0 amide bonds. The van der Waals surface area contributed by atoms with Crippen LogP contribution in [-0.2, 0) is 10.7 Å². The molecule has 0 heterocycles. The van der Waals surface area contributed by atoms with Crippen LogP contribution in [0.4, 0.5) is 8.78 Å². The summed E-state index contributed by atoms with van der Waals surface area (Å²) in [5.74, 6) is -5.18. The molecule has 0 aliphatic rings. The lowest BCUT2D eigenvalue weighted by Gasteiger charge is -2.18. The summed E-state index contributed by atoms with van der Waals surface area (Å²) in [4.78, 5) is 10.4. The highest BCUT2D eigenvalue weighted by Gasteiger charge is 2.37. The summed E-state index contributed by atoms with van der Waals surface area (Å²) in [6.45, 7) is 1.64. The molecule has 0 aliphatic heterocycles. The number of hydrogen-bond donors (Lipinski definition) is 1. The van der Waals surface area contributed by atoms with E-state index in [0.29, 0.717) is 5.56 Å². The van der Waals surface area contributed by atoms with E-state index in [2.05, 4.69) is 0 Å². The third-order valence-electron chi connectivity index (χ3n) is 2.25. The van der Waals surface area contributed by atoms with Crippen LogP contribution in [0.1, 0.15) is 17.5 Å². The van der Waals surface area contributed by atoms with Crippen molar-refractivity contribution in [2.45, 2.75) is 19.3 Å². The van der Waals surface area contributed by atoms with Gasteiger partial charge in [0.15, 0.2) is 0 Å². The van der Waals surface area contributed by atoms with Gasteiger partial charge in [0, 0.05) is 5.02 Å². The second kappa shape index (κ2) is 4.87. The number of benzene rings is 1. The molecule has 94 valence electrons. The number of hydrogen-bond acceptors (Lipinski definition) is 2. The third kappa shape index (κ3) is 3.06. The van der Waals surface area contributed by atoms with Gasteiger partial charge in [-0.25, -0.2) is 8.78 Å². The Bertz CT molecular complexity index is 447. The van der Waals surface area contributed by atoms with Crippen molar-refractivity contribution in [2.24, 2.45) is 0 Å². The minimum absolute atomic E-state index is 0.0712. The molecule has 0 unspecified atom stereocenters. The first-order chi connectivity index (χ1) is 7.77. The molecule has 6 heteroatoms. The van der Waals surface area contributed by atoms with Crippen LogP contribution in [0.2, 0.25) is 5.02 Å². The van der Waals surface area contributed by atoms with E-state index in [4.69, 9.17) is 21.4 Å². The molecule has 1 rings (SSSR count). The van der Waals surface area contributed by atoms with Gasteiger partial charge in [-0.05, 0) is 24.6 Å². The predicted octanol–water partition coefficient (Wildman–Crippen LogP) is 3.22. The van der Waals surface area contributed by atoms with E-state index in [-0.39, 0.29) is 10.8 Å². The highest BCUT2D eigenvalue weighted by Crippen LogP contribution is 2.40. The molecular formula is C11H11ClF2O3. The maximum atomic E-state index is 13.6. The minimum Gasteiger partial charge on any atom is -0.496 e. The van der Waals surface area contributed by atoms with Crippen molar-refractivity contribution in [3.8, 4) is 5.75 Å². The number of aliphatic carboxylic acids is 1. The van der Waals surface area contributed by atoms with Crippen molar-refractivity contribution in [2.75, 3.05) is 7.11 Å². The van der Waals surface area contributed by atoms with Crippen molar-refractivity contribution in [1.29, 1.82) is 0 Å². The van der Waals surface area contributed by atoms with Gasteiger partial charge < -0.3 is 9.84 Å². The van der Waals surface area contributed by atoms with Crippen LogP contribution in [0.3, 0.4) is 0 Å². The van der Waals surface area contributed by atoms with Gasteiger partial charge in [0.2, 0.25) is 0 Å². The van der Waals surface area contributed by atoms with Crippen molar-refractivity contribution >= 4 is 17.6 Å². The number of alkyl halides is 2. The molecule has 17 heavy (non-hydrogen) atoms. The zero-order chi connectivity index (χ0) is 13.2. The number of halogens is 3. The molecule has 0 aliphatic carbocycles. The fraction of sp³-hybridized carbons (Fsp3) is 0.364. The zero-order valence-corrected chi connectivity index (χ0v) is 10.0. The molecule has 0 radical (unpaired) electrons. The fourth-order valence-corrected chi connectivity index (χ4v) is 1.56. The predicted molar refractivity (Wildman–Crippen MR) is 58.9 cm³/mol. The van der Waals surface area contributed by atoms with Crippen LogP contribution < -0.4 is 4.74 Å². The summed E-state index contributed by atoms with van der Waals surface area (Å²) in [5, 5.41) is 8.59. The van der Waals surface area contributed by atoms with E-state index in [1.54, 1.807) is 6.92 Å². The average Bonchev–Trinajstić information content (AvgIpc) is 2.19. The van der Waals surface area contributed by atoms with Gasteiger partial charge in [0.1, 0.15) is 12.2 Å². The van der Waals surface area contributed by atoms with E-state index in [1.165, 1.54) is 13.2 Å². The van der Waals surface area contributed by atoms with Gasteiger partial charge >= 0.3 is 5.97 Å². The number of carboxylic acid groups (broad SMARTS) is 1. The van der Waals surface area contributed by atoms with Gasteiger partial charge in [-0.1, -0.05) is 11.6 Å². The molecule has 1 aromatic carbocycles. The molecule has 0 bridgehead atoms. The van der Waals surface area contributed by atoms with Crippen LogP contribution in [-0.4, -0.2) is 18.2 Å². The zero-order valence-electron chi connectivity index (χ0n) is 9.26. The van der Waals surface area contributed by atoms with Crippen LogP contribution in [0.15, 0.2) is 12.1 Å². The largest absolute Gasteiger partial charge is 0.496 e. The average molecular weight is 265 g/mol. The highest BCUT2D eigenvalue weighted by atomic mass is 35.5. The first kappa shape index (κ1) is 13.7. The van der Waals surface area contributed by atoms with Gasteiger partial charge in [0.25, 0.3) is 5.92 Å². The monoisotopic (exact) mass is 264 g/mol. The summed E-state index contributed by atoms with van der Waals surface area (Å²) in [6, 6.07) is 2.39. The van der Waals surface area contributed by atoms with E-state index < -0.39 is 23.9 Å². The number of rotatable bonds is 4. The Labute approximate surface area is 102 Å². The summed E-state index contributed by atoms with van der Waals surface area (Å²) in [7, 11) is 1.24. The second-order valence-corrected chi connectivity index (χ2v) is 3.98. The van der Waals surface area contributed by atoms with E-state index in [1.807, 2.05) is 0 Å². The van der Waals surface area contributed by atoms with E-state index in [9.17, 15) is 13.6 Å². The summed E-state index contributed by atoms with van der Waals surface area (Å²) in [6.07, 6.45) is -1.30. The number of carbonyl (C=O) groups is 1. The molecule has 1 N–H and O–H groups in total. The lowest BCUT2D eigenvalue weighted by atomic mass is 10.0. The lowest BCUT2D eigenvalue weighted by Crippen LogP contribution is -2.19. The number of methoxy groups -OCH3 is 1. The Balaban J connectivity index is 3.28. The Morgan fingerprint density at radius 3 is 2.59 bits per heavy atom. The maximum Gasteiger partial charge on any atom is 0.309 e. The molecule has 0 atom stereocenters. The Kier molecular flexibility index (Phi) is 3.93. The van der Waals surface area contributed by atoms with Crippen molar-refractivity contribution in [3.05, 3.63) is 28.3 Å². The van der Waals surface area contributed by atoms with Gasteiger partial charge in [-0.3, -0.25) is 4.79 Å². The Hall–Kier alpha value is -1.36. The highest BCUT2D eigenvalue weighted by molar-refractivity contribution is 6.31. The third-order valence-corrected chi connectivity index (χ3v) is 2.66. The first-order valence-electron chi connectivity index (χ1n) is 4.72. The minimum atomic E-state index is -3.52. The summed E-state index contributed by atoms with van der Waals surface area (Å²) < 4.78 is 32.1. The molecule has 3 nitrogen and oxygen atoms in total. The standard InChI is InChI=1S/C11H11ClF2O3/c1-6-3-9(17-2)7(4-8(6)12)11(13,14)5-10(15)16/h3-4H,5H2,1-2H3,(H,15,16). The lowest BCUT2D eigenvalue weighted by molar-refractivity contribution is -0.145.